The van der Waals surface area contributed by atoms with Gasteiger partial charge < -0.3 is 14.8 Å². The van der Waals surface area contributed by atoms with Crippen LogP contribution in [0.15, 0.2) is 36.7 Å². The van der Waals surface area contributed by atoms with Crippen molar-refractivity contribution in [3.05, 3.63) is 58.9 Å². The summed E-state index contributed by atoms with van der Waals surface area (Å²) < 4.78 is 45.7. The first-order chi connectivity index (χ1) is 18.0. The van der Waals surface area contributed by atoms with Gasteiger partial charge in [0.15, 0.2) is 0 Å². The molecule has 1 N–H and O–H groups in total. The van der Waals surface area contributed by atoms with Crippen LogP contribution >= 0.6 is 0 Å². The molecular formula is C28H30F3N5O2. The molecule has 3 heterocycles. The molecule has 3 aromatic rings. The Labute approximate surface area is 219 Å². The number of benzene rings is 1. The summed E-state index contributed by atoms with van der Waals surface area (Å²) in [6, 6.07) is 7.70. The molecule has 2 aliphatic rings. The molecule has 2 bridgehead atoms. The van der Waals surface area contributed by atoms with Gasteiger partial charge >= 0.3 is 6.18 Å². The lowest BCUT2D eigenvalue weighted by molar-refractivity contribution is -0.137. The first-order valence-corrected chi connectivity index (χ1v) is 12.6. The first kappa shape index (κ1) is 25.8. The molecule has 10 heteroatoms. The maximum absolute atomic E-state index is 14.7. The van der Waals surface area contributed by atoms with Crippen LogP contribution in [-0.2, 0) is 18.0 Å². The lowest BCUT2D eigenvalue weighted by atomic mass is 9.79. The van der Waals surface area contributed by atoms with Gasteiger partial charge in [-0.3, -0.25) is 9.59 Å². The van der Waals surface area contributed by atoms with E-state index in [-0.39, 0.29) is 53.2 Å². The fraction of sp³-hybridized carbons (Fsp3) is 0.429. The van der Waals surface area contributed by atoms with E-state index < -0.39 is 23.3 Å². The van der Waals surface area contributed by atoms with Crippen LogP contribution in [0.1, 0.15) is 61.1 Å². The van der Waals surface area contributed by atoms with Crippen molar-refractivity contribution in [2.75, 3.05) is 18.4 Å². The molecule has 0 spiro atoms. The fourth-order valence-corrected chi connectivity index (χ4v) is 6.22. The molecule has 1 aromatic carbocycles. The second-order valence-electron chi connectivity index (χ2n) is 10.6. The largest absolute Gasteiger partial charge is 0.419 e. The van der Waals surface area contributed by atoms with Crippen molar-refractivity contribution in [2.24, 2.45) is 24.8 Å². The number of pyridine rings is 1. The Hall–Kier alpha value is -3.87. The molecule has 7 nitrogen and oxygen atoms in total. The molecule has 2 fully saturated rings. The topological polar surface area (TPSA) is 91.0 Å². The Kier molecular flexibility index (Phi) is 6.41. The van der Waals surface area contributed by atoms with E-state index in [1.54, 1.807) is 17.8 Å². The summed E-state index contributed by atoms with van der Waals surface area (Å²) in [6.45, 7) is 4.76. The zero-order valence-corrected chi connectivity index (χ0v) is 21.3. The van der Waals surface area contributed by atoms with Crippen LogP contribution in [0, 0.1) is 29.1 Å². The maximum atomic E-state index is 14.7. The highest BCUT2D eigenvalue weighted by Gasteiger charge is 2.47. The predicted octanol–water partition coefficient (Wildman–Crippen LogP) is 5.57. The van der Waals surface area contributed by atoms with Gasteiger partial charge in [0.25, 0.3) is 5.91 Å². The summed E-state index contributed by atoms with van der Waals surface area (Å²) >= 11 is 0. The SMILES string of the molecule is CC(C)C(=O)N1C[C@H]2CC[C@@H](C1)C2c1cn(C)c2ncc(NC(=O)c3cccc(C#N)c3)c(C(F)(F)F)c12.[HH]. The third-order valence-corrected chi connectivity index (χ3v) is 7.80. The Balaban J connectivity index is 0.00000353. The van der Waals surface area contributed by atoms with E-state index in [9.17, 15) is 22.8 Å². The number of aryl methyl sites for hydroxylation is 1. The second-order valence-corrected chi connectivity index (χ2v) is 10.6. The van der Waals surface area contributed by atoms with Crippen LogP contribution in [0.4, 0.5) is 18.9 Å². The van der Waals surface area contributed by atoms with Crippen LogP contribution in [0.5, 0.6) is 0 Å². The molecular weight excluding hydrogens is 495 g/mol. The van der Waals surface area contributed by atoms with E-state index in [0.717, 1.165) is 19.0 Å². The summed E-state index contributed by atoms with van der Waals surface area (Å²) in [5.41, 5.74) is -0.297. The second kappa shape index (κ2) is 9.46. The number of alkyl halides is 3. The van der Waals surface area contributed by atoms with Gasteiger partial charge in [0, 0.05) is 44.6 Å². The molecule has 200 valence electrons. The Morgan fingerprint density at radius 3 is 2.50 bits per heavy atom. The van der Waals surface area contributed by atoms with Crippen molar-refractivity contribution in [3.8, 4) is 6.07 Å². The van der Waals surface area contributed by atoms with Crippen molar-refractivity contribution >= 4 is 28.5 Å². The minimum atomic E-state index is -4.76. The fourth-order valence-electron chi connectivity index (χ4n) is 6.22. The molecule has 1 saturated heterocycles. The average molecular weight is 526 g/mol. The third-order valence-electron chi connectivity index (χ3n) is 7.80. The number of hydrogen-bond donors (Lipinski definition) is 1. The van der Waals surface area contributed by atoms with E-state index in [4.69, 9.17) is 5.26 Å². The highest BCUT2D eigenvalue weighted by molar-refractivity contribution is 6.06. The first-order valence-electron chi connectivity index (χ1n) is 12.6. The average Bonchev–Trinajstić information content (AvgIpc) is 3.33. The van der Waals surface area contributed by atoms with Crippen molar-refractivity contribution in [1.82, 2.24) is 14.5 Å². The third kappa shape index (κ3) is 4.40. The number of halogens is 3. The summed E-state index contributed by atoms with van der Waals surface area (Å²) in [6.07, 6.45) is -0.311. The number of likely N-dealkylation sites (tertiary alicyclic amines) is 1. The number of carbonyl (C=O) groups excluding carboxylic acids is 2. The number of carbonyl (C=O) groups is 2. The number of amides is 2. The van der Waals surface area contributed by atoms with Crippen molar-refractivity contribution in [2.45, 2.75) is 38.8 Å². The number of hydrogen-bond acceptors (Lipinski definition) is 4. The van der Waals surface area contributed by atoms with E-state index in [0.29, 0.717) is 18.7 Å². The van der Waals surface area contributed by atoms with E-state index in [1.165, 1.54) is 24.3 Å². The zero-order valence-electron chi connectivity index (χ0n) is 21.3. The number of anilines is 1. The van der Waals surface area contributed by atoms with E-state index in [1.807, 2.05) is 24.8 Å². The number of fused-ring (bicyclic) bond motifs is 3. The summed E-state index contributed by atoms with van der Waals surface area (Å²) in [7, 11) is 1.67. The lowest BCUT2D eigenvalue weighted by Gasteiger charge is -2.39. The van der Waals surface area contributed by atoms with Gasteiger partial charge in [0.1, 0.15) is 5.65 Å². The van der Waals surface area contributed by atoms with Crippen molar-refractivity contribution in [1.29, 1.82) is 5.26 Å². The summed E-state index contributed by atoms with van der Waals surface area (Å²) in [5.74, 6) is -0.862. The quantitative estimate of drug-likeness (QED) is 0.482. The predicted molar refractivity (Wildman–Crippen MR) is 137 cm³/mol. The van der Waals surface area contributed by atoms with Gasteiger partial charge in [0.2, 0.25) is 5.91 Å². The highest BCUT2D eigenvalue weighted by atomic mass is 19.4. The summed E-state index contributed by atoms with van der Waals surface area (Å²) in [4.78, 5) is 31.8. The summed E-state index contributed by atoms with van der Waals surface area (Å²) in [5, 5.41) is 11.5. The molecule has 5 rings (SSSR count). The molecule has 1 aliphatic heterocycles. The van der Waals surface area contributed by atoms with Crippen LogP contribution in [0.3, 0.4) is 0 Å². The molecule has 3 atom stereocenters. The number of nitrogens with zero attached hydrogens (tertiary/aromatic N) is 4. The van der Waals surface area contributed by atoms with Crippen molar-refractivity contribution < 1.29 is 24.2 Å². The minimum absolute atomic E-state index is 0. The minimum Gasteiger partial charge on any atom is -0.342 e. The van der Waals surface area contributed by atoms with E-state index in [2.05, 4.69) is 10.3 Å². The number of piperidine rings is 1. The zero-order chi connectivity index (χ0) is 27.4. The monoisotopic (exact) mass is 525 g/mol. The maximum Gasteiger partial charge on any atom is 0.419 e. The molecule has 1 aliphatic carbocycles. The van der Waals surface area contributed by atoms with Gasteiger partial charge in [-0.1, -0.05) is 19.9 Å². The lowest BCUT2D eigenvalue weighted by Crippen LogP contribution is -2.45. The van der Waals surface area contributed by atoms with Gasteiger partial charge in [-0.25, -0.2) is 4.98 Å². The Bertz CT molecular complexity index is 1460. The van der Waals surface area contributed by atoms with Gasteiger partial charge in [-0.05, 0) is 54.4 Å². The number of nitriles is 1. The molecule has 1 saturated carbocycles. The molecule has 1 unspecified atom stereocenters. The molecule has 2 amide bonds. The van der Waals surface area contributed by atoms with Crippen molar-refractivity contribution in [3.63, 3.8) is 0 Å². The van der Waals surface area contributed by atoms with Crippen LogP contribution < -0.4 is 5.32 Å². The Morgan fingerprint density at radius 2 is 1.89 bits per heavy atom. The Morgan fingerprint density at radius 1 is 1.21 bits per heavy atom. The standard InChI is InChI=1S/C28H28F3N5O2.H2/c1-15(2)27(38)36-12-18-7-8-19(13-36)22(18)20-14-35(3)25-23(20)24(28(29,30)31)21(11-33-25)34-26(37)17-6-4-5-16(9-17)10-32;/h4-6,9,11,14-15,18-19,22H,7-8,12-13H2,1-3H3,(H,34,37);1H/t18-,19+,22?;. The van der Waals surface area contributed by atoms with Crippen LogP contribution in [0.2, 0.25) is 0 Å². The number of rotatable bonds is 4. The number of aromatic nitrogens is 2. The molecule has 38 heavy (non-hydrogen) atoms. The van der Waals surface area contributed by atoms with Crippen LogP contribution in [-0.4, -0.2) is 39.4 Å². The molecule has 0 radical (unpaired) electrons. The van der Waals surface area contributed by atoms with E-state index >= 15 is 0 Å². The van der Waals surface area contributed by atoms with Gasteiger partial charge in [0.05, 0.1) is 29.1 Å². The van der Waals surface area contributed by atoms with Gasteiger partial charge in [-0.15, -0.1) is 0 Å². The normalized spacial score (nSPS) is 21.1. The van der Waals surface area contributed by atoms with Crippen LogP contribution in [0.25, 0.3) is 11.0 Å². The molecule has 2 aromatic heterocycles. The smallest absolute Gasteiger partial charge is 0.342 e. The highest BCUT2D eigenvalue weighted by Crippen LogP contribution is 2.52. The number of nitrogens with one attached hydrogen (secondary N) is 1. The van der Waals surface area contributed by atoms with Gasteiger partial charge in [-0.2, -0.15) is 18.4 Å².